The fourth-order valence-electron chi connectivity index (χ4n) is 2.20. The van der Waals surface area contributed by atoms with Crippen molar-refractivity contribution in [3.05, 3.63) is 17.7 Å². The van der Waals surface area contributed by atoms with Crippen molar-refractivity contribution in [2.75, 3.05) is 13.8 Å². The molecule has 1 unspecified atom stereocenters. The lowest BCUT2D eigenvalue weighted by atomic mass is 10.1. The second-order valence-corrected chi connectivity index (χ2v) is 5.34. The van der Waals surface area contributed by atoms with Crippen molar-refractivity contribution < 1.29 is 19.0 Å². The maximum absolute atomic E-state index is 11.6. The van der Waals surface area contributed by atoms with Gasteiger partial charge in [0, 0.05) is 31.3 Å². The van der Waals surface area contributed by atoms with Gasteiger partial charge in [0.1, 0.15) is 5.75 Å². The van der Waals surface area contributed by atoms with Crippen molar-refractivity contribution in [3.63, 3.8) is 0 Å². The molecule has 1 fully saturated rings. The minimum Gasteiger partial charge on any atom is -0.480 e. The molecule has 2 aliphatic rings. The minimum absolute atomic E-state index is 0.159. The van der Waals surface area contributed by atoms with Crippen LogP contribution >= 0.6 is 0 Å². The SMILES string of the molecule is CNC(=O)C(C)Oc1cc2c(cc1CNC1CC1)OCO2. The van der Waals surface area contributed by atoms with Crippen molar-refractivity contribution in [2.45, 2.75) is 38.5 Å². The third kappa shape index (κ3) is 3.21. The number of hydrogen-bond donors (Lipinski definition) is 2. The second kappa shape index (κ2) is 5.81. The minimum atomic E-state index is -0.560. The smallest absolute Gasteiger partial charge is 0.260 e. The molecule has 0 aromatic heterocycles. The number of hydrogen-bond acceptors (Lipinski definition) is 5. The van der Waals surface area contributed by atoms with E-state index in [0.717, 1.165) is 11.3 Å². The Balaban J connectivity index is 1.79. The molecule has 2 N–H and O–H groups in total. The summed E-state index contributed by atoms with van der Waals surface area (Å²) in [6, 6.07) is 4.31. The van der Waals surface area contributed by atoms with E-state index >= 15 is 0 Å². The van der Waals surface area contributed by atoms with Gasteiger partial charge in [-0.25, -0.2) is 0 Å². The van der Waals surface area contributed by atoms with Gasteiger partial charge in [0.05, 0.1) is 0 Å². The van der Waals surface area contributed by atoms with Crippen LogP contribution in [0.5, 0.6) is 17.2 Å². The van der Waals surface area contributed by atoms with Gasteiger partial charge < -0.3 is 24.8 Å². The fraction of sp³-hybridized carbons (Fsp3) is 0.533. The van der Waals surface area contributed by atoms with Crippen LogP contribution in [0.4, 0.5) is 0 Å². The molecule has 6 heteroatoms. The molecule has 1 atom stereocenters. The zero-order valence-electron chi connectivity index (χ0n) is 12.3. The first-order chi connectivity index (χ1) is 10.2. The van der Waals surface area contributed by atoms with E-state index < -0.39 is 6.10 Å². The number of amides is 1. The van der Waals surface area contributed by atoms with Gasteiger partial charge in [0.25, 0.3) is 5.91 Å². The van der Waals surface area contributed by atoms with Gasteiger partial charge >= 0.3 is 0 Å². The number of benzene rings is 1. The Morgan fingerprint density at radius 3 is 2.76 bits per heavy atom. The highest BCUT2D eigenvalue weighted by Gasteiger charge is 2.24. The summed E-state index contributed by atoms with van der Waals surface area (Å²) in [7, 11) is 1.59. The first-order valence-electron chi connectivity index (χ1n) is 7.21. The highest BCUT2D eigenvalue weighted by Crippen LogP contribution is 2.38. The summed E-state index contributed by atoms with van der Waals surface area (Å²) in [6.07, 6.45) is 1.88. The summed E-state index contributed by atoms with van der Waals surface area (Å²) in [5.41, 5.74) is 0.974. The van der Waals surface area contributed by atoms with Gasteiger partial charge in [0.15, 0.2) is 17.6 Å². The van der Waals surface area contributed by atoms with Gasteiger partial charge in [-0.3, -0.25) is 4.79 Å². The number of carbonyl (C=O) groups is 1. The lowest BCUT2D eigenvalue weighted by Crippen LogP contribution is -2.34. The van der Waals surface area contributed by atoms with E-state index in [1.54, 1.807) is 20.0 Å². The van der Waals surface area contributed by atoms with Crippen molar-refractivity contribution >= 4 is 5.91 Å². The van der Waals surface area contributed by atoms with Gasteiger partial charge in [-0.1, -0.05) is 0 Å². The highest BCUT2D eigenvalue weighted by molar-refractivity contribution is 5.80. The van der Waals surface area contributed by atoms with Crippen LogP contribution in [-0.2, 0) is 11.3 Å². The van der Waals surface area contributed by atoms with Crippen LogP contribution in [0, 0.1) is 0 Å². The molecule has 1 amide bonds. The largest absolute Gasteiger partial charge is 0.480 e. The Morgan fingerprint density at radius 2 is 2.10 bits per heavy atom. The summed E-state index contributed by atoms with van der Waals surface area (Å²) >= 11 is 0. The number of carbonyl (C=O) groups excluding carboxylic acids is 1. The standard InChI is InChI=1S/C15H20N2O4/c1-9(15(18)16-2)21-12-6-14-13(19-8-20-14)5-10(12)7-17-11-3-4-11/h5-6,9,11,17H,3-4,7-8H2,1-2H3,(H,16,18). The molecule has 114 valence electrons. The third-order valence-corrected chi connectivity index (χ3v) is 3.63. The first-order valence-corrected chi connectivity index (χ1v) is 7.21. The number of nitrogens with one attached hydrogen (secondary N) is 2. The molecular formula is C15H20N2O4. The van der Waals surface area contributed by atoms with E-state index in [9.17, 15) is 4.79 Å². The lowest BCUT2D eigenvalue weighted by molar-refractivity contribution is -0.126. The van der Waals surface area contributed by atoms with Crippen molar-refractivity contribution in [2.24, 2.45) is 0 Å². The molecule has 0 bridgehead atoms. The number of ether oxygens (including phenoxy) is 3. The molecule has 3 rings (SSSR count). The van der Waals surface area contributed by atoms with Crippen molar-refractivity contribution in [1.82, 2.24) is 10.6 Å². The molecule has 1 saturated carbocycles. The Morgan fingerprint density at radius 1 is 1.38 bits per heavy atom. The van der Waals surface area contributed by atoms with Crippen LogP contribution < -0.4 is 24.8 Å². The Hall–Kier alpha value is -1.95. The monoisotopic (exact) mass is 292 g/mol. The molecule has 1 aromatic rings. The van der Waals surface area contributed by atoms with E-state index in [-0.39, 0.29) is 12.7 Å². The molecule has 21 heavy (non-hydrogen) atoms. The summed E-state index contributed by atoms with van der Waals surface area (Å²) in [5.74, 6) is 1.88. The Labute approximate surface area is 123 Å². The molecule has 1 aliphatic carbocycles. The average molecular weight is 292 g/mol. The quantitative estimate of drug-likeness (QED) is 0.824. The van der Waals surface area contributed by atoms with Crippen molar-refractivity contribution in [3.8, 4) is 17.2 Å². The van der Waals surface area contributed by atoms with Gasteiger partial charge in [0.2, 0.25) is 6.79 Å². The normalized spacial score (nSPS) is 17.4. The second-order valence-electron chi connectivity index (χ2n) is 5.34. The maximum Gasteiger partial charge on any atom is 0.260 e. The molecule has 0 radical (unpaired) electrons. The summed E-state index contributed by atoms with van der Waals surface area (Å²) < 4.78 is 16.6. The predicted molar refractivity (Wildman–Crippen MR) is 76.6 cm³/mol. The van der Waals surface area contributed by atoms with E-state index in [4.69, 9.17) is 14.2 Å². The van der Waals surface area contributed by atoms with E-state index in [0.29, 0.717) is 24.1 Å². The van der Waals surface area contributed by atoms with Crippen LogP contribution in [0.2, 0.25) is 0 Å². The molecule has 0 saturated heterocycles. The van der Waals surface area contributed by atoms with Gasteiger partial charge in [-0.15, -0.1) is 0 Å². The van der Waals surface area contributed by atoms with Crippen LogP contribution in [0.25, 0.3) is 0 Å². The molecule has 1 aliphatic heterocycles. The van der Waals surface area contributed by atoms with Gasteiger partial charge in [-0.2, -0.15) is 0 Å². The number of rotatable bonds is 6. The predicted octanol–water partition coefficient (Wildman–Crippen LogP) is 1.18. The maximum atomic E-state index is 11.6. The number of likely N-dealkylation sites (N-methyl/N-ethyl adjacent to an activating group) is 1. The molecular weight excluding hydrogens is 272 g/mol. The van der Waals surface area contributed by atoms with Crippen molar-refractivity contribution in [1.29, 1.82) is 0 Å². The van der Waals surface area contributed by atoms with Gasteiger partial charge in [-0.05, 0) is 25.8 Å². The van der Waals surface area contributed by atoms with E-state index in [1.165, 1.54) is 12.8 Å². The Bertz CT molecular complexity index is 543. The highest BCUT2D eigenvalue weighted by atomic mass is 16.7. The first kappa shape index (κ1) is 14.0. The number of fused-ring (bicyclic) bond motifs is 1. The van der Waals surface area contributed by atoms with Crippen LogP contribution in [-0.4, -0.2) is 31.9 Å². The molecule has 1 aromatic carbocycles. The Kier molecular flexibility index (Phi) is 3.88. The zero-order chi connectivity index (χ0) is 14.8. The average Bonchev–Trinajstić information content (AvgIpc) is 3.21. The summed E-state index contributed by atoms with van der Waals surface area (Å²) in [5, 5.41) is 6.03. The zero-order valence-corrected chi connectivity index (χ0v) is 12.3. The molecule has 0 spiro atoms. The third-order valence-electron chi connectivity index (χ3n) is 3.63. The lowest BCUT2D eigenvalue weighted by Gasteiger charge is -2.17. The molecule has 1 heterocycles. The van der Waals surface area contributed by atoms with Crippen LogP contribution in [0.1, 0.15) is 25.3 Å². The van der Waals surface area contributed by atoms with Crippen LogP contribution in [0.3, 0.4) is 0 Å². The molecule has 6 nitrogen and oxygen atoms in total. The van der Waals surface area contributed by atoms with E-state index in [1.807, 2.05) is 6.07 Å². The fourth-order valence-corrected chi connectivity index (χ4v) is 2.20. The summed E-state index contributed by atoms with van der Waals surface area (Å²) in [6.45, 7) is 2.64. The topological polar surface area (TPSA) is 68.8 Å². The summed E-state index contributed by atoms with van der Waals surface area (Å²) in [4.78, 5) is 11.6. The van der Waals surface area contributed by atoms with E-state index in [2.05, 4.69) is 10.6 Å². The van der Waals surface area contributed by atoms with Crippen LogP contribution in [0.15, 0.2) is 12.1 Å².